The Morgan fingerprint density at radius 2 is 1.64 bits per heavy atom. The van der Waals surface area contributed by atoms with Gasteiger partial charge in [-0.25, -0.2) is 13.2 Å². The summed E-state index contributed by atoms with van der Waals surface area (Å²) in [5.41, 5.74) is 2.26. The molecule has 33 heavy (non-hydrogen) atoms. The van der Waals surface area contributed by atoms with E-state index in [9.17, 15) is 18.0 Å². The molecule has 3 aromatic carbocycles. The second kappa shape index (κ2) is 9.88. The maximum Gasteiger partial charge on any atom is 0.223 e. The van der Waals surface area contributed by atoms with Crippen LogP contribution in [0.4, 0.5) is 13.2 Å². The van der Waals surface area contributed by atoms with Gasteiger partial charge >= 0.3 is 0 Å². The number of nitriles is 1. The van der Waals surface area contributed by atoms with Gasteiger partial charge < -0.3 is 9.64 Å². The molecule has 1 fully saturated rings. The van der Waals surface area contributed by atoms with Crippen LogP contribution >= 0.6 is 0 Å². The molecule has 3 aromatic rings. The normalized spacial score (nSPS) is 15.3. The number of rotatable bonds is 7. The average Bonchev–Trinajstić information content (AvgIpc) is 3.25. The van der Waals surface area contributed by atoms with E-state index in [0.29, 0.717) is 36.1 Å². The van der Waals surface area contributed by atoms with E-state index < -0.39 is 29.6 Å². The largest absolute Gasteiger partial charge is 0.366 e. The van der Waals surface area contributed by atoms with Crippen LogP contribution in [0.1, 0.15) is 47.2 Å². The summed E-state index contributed by atoms with van der Waals surface area (Å²) in [6, 6.07) is 17.5. The molecule has 0 saturated carbocycles. The molecule has 1 saturated heterocycles. The van der Waals surface area contributed by atoms with Gasteiger partial charge in [0.05, 0.1) is 24.3 Å². The van der Waals surface area contributed by atoms with Crippen molar-refractivity contribution in [2.45, 2.75) is 31.6 Å². The summed E-state index contributed by atoms with van der Waals surface area (Å²) >= 11 is 0. The zero-order valence-corrected chi connectivity index (χ0v) is 17.7. The van der Waals surface area contributed by atoms with Crippen LogP contribution in [-0.2, 0) is 16.1 Å². The zero-order valence-electron chi connectivity index (χ0n) is 17.7. The van der Waals surface area contributed by atoms with Gasteiger partial charge in [0.2, 0.25) is 5.91 Å². The van der Waals surface area contributed by atoms with Gasteiger partial charge in [-0.05, 0) is 59.5 Å². The van der Waals surface area contributed by atoms with Crippen molar-refractivity contribution in [3.05, 3.63) is 106 Å². The van der Waals surface area contributed by atoms with Crippen LogP contribution < -0.4 is 0 Å². The Morgan fingerprint density at radius 3 is 2.24 bits per heavy atom. The first kappa shape index (κ1) is 22.6. The molecule has 0 bridgehead atoms. The zero-order chi connectivity index (χ0) is 23.4. The molecule has 168 valence electrons. The van der Waals surface area contributed by atoms with Crippen molar-refractivity contribution >= 4 is 5.91 Å². The minimum atomic E-state index is -1.02. The summed E-state index contributed by atoms with van der Waals surface area (Å²) in [7, 11) is 0. The highest BCUT2D eigenvalue weighted by Crippen LogP contribution is 2.40. The van der Waals surface area contributed by atoms with Gasteiger partial charge in [-0.3, -0.25) is 4.79 Å². The van der Waals surface area contributed by atoms with Crippen molar-refractivity contribution in [1.29, 1.82) is 5.26 Å². The van der Waals surface area contributed by atoms with Crippen LogP contribution in [0.3, 0.4) is 0 Å². The summed E-state index contributed by atoms with van der Waals surface area (Å²) in [6.07, 6.45) is 0.192. The van der Waals surface area contributed by atoms with Crippen molar-refractivity contribution in [3.63, 3.8) is 0 Å². The van der Waals surface area contributed by atoms with E-state index >= 15 is 0 Å². The third-order valence-electron chi connectivity index (χ3n) is 5.73. The topological polar surface area (TPSA) is 53.3 Å². The van der Waals surface area contributed by atoms with E-state index in [-0.39, 0.29) is 12.5 Å². The number of carbonyl (C=O) groups is 1. The lowest BCUT2D eigenvalue weighted by atomic mass is 9.94. The number of likely N-dealkylation sites (tertiary alicyclic amines) is 1. The summed E-state index contributed by atoms with van der Waals surface area (Å²) in [6.45, 7) is 0.580. The Bertz CT molecular complexity index is 1170. The van der Waals surface area contributed by atoms with Crippen molar-refractivity contribution in [1.82, 2.24) is 4.90 Å². The van der Waals surface area contributed by atoms with E-state index in [4.69, 9.17) is 10.00 Å². The van der Waals surface area contributed by atoms with Crippen LogP contribution in [0.25, 0.3) is 0 Å². The number of nitrogens with zero attached hydrogens (tertiary/aromatic N) is 2. The molecule has 4 rings (SSSR count). The number of amides is 1. The number of benzene rings is 3. The summed E-state index contributed by atoms with van der Waals surface area (Å²) < 4.78 is 47.7. The first-order valence-corrected chi connectivity index (χ1v) is 10.6. The lowest BCUT2D eigenvalue weighted by Gasteiger charge is -2.35. The monoisotopic (exact) mass is 450 g/mol. The Balaban J connectivity index is 1.74. The van der Waals surface area contributed by atoms with Gasteiger partial charge in [0.1, 0.15) is 11.9 Å². The van der Waals surface area contributed by atoms with Gasteiger partial charge in [0.25, 0.3) is 0 Å². The van der Waals surface area contributed by atoms with Gasteiger partial charge in [-0.15, -0.1) is 0 Å². The molecule has 2 atom stereocenters. The van der Waals surface area contributed by atoms with Gasteiger partial charge in [0.15, 0.2) is 11.6 Å². The van der Waals surface area contributed by atoms with Crippen molar-refractivity contribution in [2.75, 3.05) is 6.54 Å². The maximum absolute atomic E-state index is 14.2. The molecular weight excluding hydrogens is 429 g/mol. The standard InChI is InChI=1S/C26H21F3N2O2/c27-21-10-7-19(8-11-21)25(31-13-1-2-24(31)32)26(20-9-12-22(28)23(29)14-20)33-16-18-5-3-17(15-30)4-6-18/h3-12,14,25-26H,1-2,13,16H2/t25-,26+/m0/s1. The number of hydrogen-bond donors (Lipinski definition) is 0. The summed E-state index contributed by atoms with van der Waals surface area (Å²) in [4.78, 5) is 14.3. The molecule has 1 aliphatic rings. The molecule has 0 aromatic heterocycles. The van der Waals surface area contributed by atoms with Crippen LogP contribution in [-0.4, -0.2) is 17.4 Å². The molecule has 1 amide bonds. The summed E-state index contributed by atoms with van der Waals surface area (Å²) in [5.74, 6) is -2.52. The number of halogens is 3. The molecule has 7 heteroatoms. The van der Waals surface area contributed by atoms with Crippen molar-refractivity contribution in [2.24, 2.45) is 0 Å². The molecule has 0 unspecified atom stereocenters. The number of ether oxygens (including phenoxy) is 1. The Hall–Kier alpha value is -3.63. The first-order valence-electron chi connectivity index (χ1n) is 10.6. The van der Waals surface area contributed by atoms with Crippen LogP contribution in [0.2, 0.25) is 0 Å². The molecule has 4 nitrogen and oxygen atoms in total. The van der Waals surface area contributed by atoms with Crippen molar-refractivity contribution in [3.8, 4) is 6.07 Å². The van der Waals surface area contributed by atoms with Crippen LogP contribution in [0.15, 0.2) is 66.7 Å². The van der Waals surface area contributed by atoms with E-state index in [1.54, 1.807) is 41.3 Å². The van der Waals surface area contributed by atoms with E-state index in [1.807, 2.05) is 6.07 Å². The quantitative estimate of drug-likeness (QED) is 0.471. The minimum absolute atomic E-state index is 0.0844. The average molecular weight is 450 g/mol. The van der Waals surface area contributed by atoms with Gasteiger partial charge in [0, 0.05) is 13.0 Å². The predicted molar refractivity (Wildman–Crippen MR) is 115 cm³/mol. The van der Waals surface area contributed by atoms with Gasteiger partial charge in [-0.1, -0.05) is 30.3 Å². The molecule has 0 N–H and O–H groups in total. The lowest BCUT2D eigenvalue weighted by molar-refractivity contribution is -0.134. The molecular formula is C26H21F3N2O2. The highest BCUT2D eigenvalue weighted by Gasteiger charge is 2.36. The highest BCUT2D eigenvalue weighted by molar-refractivity contribution is 5.78. The fraction of sp³-hybridized carbons (Fsp3) is 0.231. The minimum Gasteiger partial charge on any atom is -0.366 e. The summed E-state index contributed by atoms with van der Waals surface area (Å²) in [5, 5.41) is 9.00. The molecule has 0 radical (unpaired) electrons. The van der Waals surface area contributed by atoms with Crippen LogP contribution in [0, 0.1) is 28.8 Å². The van der Waals surface area contributed by atoms with E-state index in [0.717, 1.165) is 17.7 Å². The molecule has 0 spiro atoms. The Kier molecular flexibility index (Phi) is 6.76. The van der Waals surface area contributed by atoms with Crippen molar-refractivity contribution < 1.29 is 22.7 Å². The maximum atomic E-state index is 14.2. The van der Waals surface area contributed by atoms with E-state index in [2.05, 4.69) is 0 Å². The molecule has 0 aliphatic carbocycles. The lowest BCUT2D eigenvalue weighted by Crippen LogP contribution is -2.35. The number of carbonyl (C=O) groups excluding carboxylic acids is 1. The fourth-order valence-electron chi connectivity index (χ4n) is 4.06. The third-order valence-corrected chi connectivity index (χ3v) is 5.73. The number of hydrogen-bond acceptors (Lipinski definition) is 3. The molecule has 1 heterocycles. The Morgan fingerprint density at radius 1 is 0.939 bits per heavy atom. The second-order valence-corrected chi connectivity index (χ2v) is 7.90. The fourth-order valence-corrected chi connectivity index (χ4v) is 4.06. The molecule has 1 aliphatic heterocycles. The first-order chi connectivity index (χ1) is 16.0. The highest BCUT2D eigenvalue weighted by atomic mass is 19.2. The van der Waals surface area contributed by atoms with Gasteiger partial charge in [-0.2, -0.15) is 5.26 Å². The van der Waals surface area contributed by atoms with E-state index in [1.165, 1.54) is 18.2 Å². The predicted octanol–water partition coefficient (Wildman–Crippen LogP) is 5.60. The second-order valence-electron chi connectivity index (χ2n) is 7.90. The third kappa shape index (κ3) is 5.07. The van der Waals surface area contributed by atoms with Crippen LogP contribution in [0.5, 0.6) is 0 Å². The Labute approximate surface area is 189 Å². The SMILES string of the molecule is N#Cc1ccc(CO[C@H](c2ccc(F)c(F)c2)[C@H](c2ccc(F)cc2)N2CCCC2=O)cc1. The smallest absolute Gasteiger partial charge is 0.223 e.